The van der Waals surface area contributed by atoms with Crippen molar-refractivity contribution in [1.82, 2.24) is 4.90 Å². The van der Waals surface area contributed by atoms with Crippen LogP contribution in [0, 0.1) is 11.3 Å². The Hall–Kier alpha value is -1.58. The average molecular weight is 294 g/mol. The number of nitriles is 1. The van der Waals surface area contributed by atoms with Gasteiger partial charge in [0.15, 0.2) is 9.84 Å². The van der Waals surface area contributed by atoms with Gasteiger partial charge in [-0.1, -0.05) is 12.1 Å². The van der Waals surface area contributed by atoms with E-state index in [0.29, 0.717) is 30.9 Å². The SMILES string of the molecule is CN(CCOc1ccccc1C#N)C1CCS(=O)(=O)C1. The van der Waals surface area contributed by atoms with Crippen LogP contribution in [0.25, 0.3) is 0 Å². The highest BCUT2D eigenvalue weighted by atomic mass is 32.2. The van der Waals surface area contributed by atoms with E-state index < -0.39 is 9.84 Å². The third-order valence-corrected chi connectivity index (χ3v) is 5.29. The van der Waals surface area contributed by atoms with Crippen LogP contribution in [-0.2, 0) is 9.84 Å². The predicted octanol–water partition coefficient (Wildman–Crippen LogP) is 1.06. The maximum atomic E-state index is 11.4. The zero-order chi connectivity index (χ0) is 14.6. The minimum Gasteiger partial charge on any atom is -0.491 e. The highest BCUT2D eigenvalue weighted by molar-refractivity contribution is 7.91. The Morgan fingerprint density at radius 1 is 1.45 bits per heavy atom. The van der Waals surface area contributed by atoms with Crippen molar-refractivity contribution in [2.75, 3.05) is 31.7 Å². The molecule has 0 aromatic heterocycles. The molecule has 1 saturated heterocycles. The van der Waals surface area contributed by atoms with E-state index in [1.165, 1.54) is 0 Å². The molecule has 5 nitrogen and oxygen atoms in total. The molecule has 20 heavy (non-hydrogen) atoms. The molecular formula is C14H18N2O3S. The molecular weight excluding hydrogens is 276 g/mol. The Kier molecular flexibility index (Phi) is 4.63. The van der Waals surface area contributed by atoms with Gasteiger partial charge in [-0.15, -0.1) is 0 Å². The van der Waals surface area contributed by atoms with Crippen LogP contribution in [0.3, 0.4) is 0 Å². The third-order valence-electron chi connectivity index (χ3n) is 3.54. The first-order valence-corrected chi connectivity index (χ1v) is 8.36. The Bertz CT molecular complexity index is 607. The van der Waals surface area contributed by atoms with Crippen LogP contribution in [-0.4, -0.2) is 51.1 Å². The zero-order valence-electron chi connectivity index (χ0n) is 11.4. The summed E-state index contributed by atoms with van der Waals surface area (Å²) in [6.07, 6.45) is 0.688. The maximum Gasteiger partial charge on any atom is 0.151 e. The monoisotopic (exact) mass is 294 g/mol. The number of nitrogens with zero attached hydrogens (tertiary/aromatic N) is 2. The first-order chi connectivity index (χ1) is 9.52. The van der Waals surface area contributed by atoms with Crippen LogP contribution in [0.1, 0.15) is 12.0 Å². The molecule has 1 aromatic rings. The number of rotatable bonds is 5. The molecule has 1 unspecified atom stereocenters. The molecule has 0 radical (unpaired) electrons. The fourth-order valence-corrected chi connectivity index (χ4v) is 4.10. The second-order valence-corrected chi connectivity index (χ2v) is 7.22. The van der Waals surface area contributed by atoms with Gasteiger partial charge in [-0.05, 0) is 25.6 Å². The summed E-state index contributed by atoms with van der Waals surface area (Å²) in [5.74, 6) is 1.08. The van der Waals surface area contributed by atoms with Gasteiger partial charge in [0, 0.05) is 12.6 Å². The van der Waals surface area contributed by atoms with Crippen LogP contribution in [0.15, 0.2) is 24.3 Å². The summed E-state index contributed by atoms with van der Waals surface area (Å²) in [4.78, 5) is 2.01. The molecule has 2 rings (SSSR count). The van der Waals surface area contributed by atoms with Gasteiger partial charge >= 0.3 is 0 Å². The minimum atomic E-state index is -2.85. The highest BCUT2D eigenvalue weighted by Gasteiger charge is 2.30. The van der Waals surface area contributed by atoms with Crippen molar-refractivity contribution in [1.29, 1.82) is 5.26 Å². The molecule has 0 saturated carbocycles. The predicted molar refractivity (Wildman–Crippen MR) is 76.3 cm³/mol. The van der Waals surface area contributed by atoms with Crippen molar-refractivity contribution in [3.05, 3.63) is 29.8 Å². The summed E-state index contributed by atoms with van der Waals surface area (Å²) in [7, 11) is -0.946. The summed E-state index contributed by atoms with van der Waals surface area (Å²) in [5.41, 5.74) is 0.513. The van der Waals surface area contributed by atoms with Crippen LogP contribution in [0.5, 0.6) is 5.75 Å². The lowest BCUT2D eigenvalue weighted by Crippen LogP contribution is -2.35. The Morgan fingerprint density at radius 2 is 2.20 bits per heavy atom. The fourth-order valence-electron chi connectivity index (χ4n) is 2.29. The molecule has 0 amide bonds. The molecule has 1 fully saturated rings. The molecule has 1 aliphatic rings. The molecule has 1 aromatic carbocycles. The lowest BCUT2D eigenvalue weighted by atomic mass is 10.2. The second kappa shape index (κ2) is 6.25. The topological polar surface area (TPSA) is 70.4 Å². The van der Waals surface area contributed by atoms with E-state index in [1.807, 2.05) is 18.0 Å². The molecule has 0 aliphatic carbocycles. The first-order valence-electron chi connectivity index (χ1n) is 6.54. The van der Waals surface area contributed by atoms with Crippen molar-refractivity contribution in [2.24, 2.45) is 0 Å². The lowest BCUT2D eigenvalue weighted by molar-refractivity contribution is 0.202. The third kappa shape index (κ3) is 3.71. The van der Waals surface area contributed by atoms with Crippen molar-refractivity contribution in [3.63, 3.8) is 0 Å². The fraction of sp³-hybridized carbons (Fsp3) is 0.500. The number of hydrogen-bond donors (Lipinski definition) is 0. The number of ether oxygens (including phenoxy) is 1. The molecule has 0 N–H and O–H groups in total. The number of benzene rings is 1. The van der Waals surface area contributed by atoms with E-state index in [4.69, 9.17) is 10.00 Å². The minimum absolute atomic E-state index is 0.0785. The molecule has 0 bridgehead atoms. The van der Waals surface area contributed by atoms with Crippen molar-refractivity contribution in [2.45, 2.75) is 12.5 Å². The van der Waals surface area contributed by atoms with Crippen LogP contribution in [0.2, 0.25) is 0 Å². The average Bonchev–Trinajstić information content (AvgIpc) is 2.79. The van der Waals surface area contributed by atoms with E-state index in [2.05, 4.69) is 6.07 Å². The first kappa shape index (κ1) is 14.8. The zero-order valence-corrected chi connectivity index (χ0v) is 12.3. The lowest BCUT2D eigenvalue weighted by Gasteiger charge is -2.22. The quantitative estimate of drug-likeness (QED) is 0.812. The van der Waals surface area contributed by atoms with Gasteiger partial charge < -0.3 is 4.74 Å². The van der Waals surface area contributed by atoms with Gasteiger partial charge in [-0.3, -0.25) is 4.90 Å². The number of hydrogen-bond acceptors (Lipinski definition) is 5. The molecule has 1 heterocycles. The van der Waals surface area contributed by atoms with Gasteiger partial charge in [0.25, 0.3) is 0 Å². The number of sulfone groups is 1. The largest absolute Gasteiger partial charge is 0.491 e. The number of likely N-dealkylation sites (N-methyl/N-ethyl adjacent to an activating group) is 1. The van der Waals surface area contributed by atoms with Gasteiger partial charge in [0.2, 0.25) is 0 Å². The maximum absolute atomic E-state index is 11.4. The van der Waals surface area contributed by atoms with E-state index in [1.54, 1.807) is 18.2 Å². The van der Waals surface area contributed by atoms with Gasteiger partial charge in [0.1, 0.15) is 18.4 Å². The summed E-state index contributed by atoms with van der Waals surface area (Å²) in [6.45, 7) is 1.08. The summed E-state index contributed by atoms with van der Waals surface area (Å²) in [5, 5.41) is 8.95. The van der Waals surface area contributed by atoms with E-state index in [-0.39, 0.29) is 17.5 Å². The molecule has 0 spiro atoms. The van der Waals surface area contributed by atoms with Gasteiger partial charge in [-0.25, -0.2) is 8.42 Å². The summed E-state index contributed by atoms with van der Waals surface area (Å²) >= 11 is 0. The molecule has 108 valence electrons. The molecule has 1 aliphatic heterocycles. The smallest absolute Gasteiger partial charge is 0.151 e. The van der Waals surface area contributed by atoms with E-state index in [9.17, 15) is 8.42 Å². The molecule has 1 atom stereocenters. The second-order valence-electron chi connectivity index (χ2n) is 4.99. The Balaban J connectivity index is 1.83. The van der Waals surface area contributed by atoms with E-state index >= 15 is 0 Å². The van der Waals surface area contributed by atoms with E-state index in [0.717, 1.165) is 0 Å². The summed E-state index contributed by atoms with van der Waals surface area (Å²) in [6, 6.07) is 9.25. The Labute approximate surface area is 119 Å². The van der Waals surface area contributed by atoms with Gasteiger partial charge in [-0.2, -0.15) is 5.26 Å². The molecule has 6 heteroatoms. The van der Waals surface area contributed by atoms with Crippen LogP contribution in [0.4, 0.5) is 0 Å². The normalized spacial score (nSPS) is 20.8. The van der Waals surface area contributed by atoms with Crippen molar-refractivity contribution < 1.29 is 13.2 Å². The number of para-hydroxylation sites is 1. The Morgan fingerprint density at radius 3 is 2.85 bits per heavy atom. The highest BCUT2D eigenvalue weighted by Crippen LogP contribution is 2.18. The van der Waals surface area contributed by atoms with Gasteiger partial charge in [0.05, 0.1) is 17.1 Å². The van der Waals surface area contributed by atoms with Crippen LogP contribution >= 0.6 is 0 Å². The van der Waals surface area contributed by atoms with Crippen molar-refractivity contribution in [3.8, 4) is 11.8 Å². The summed E-state index contributed by atoms with van der Waals surface area (Å²) < 4.78 is 28.5. The van der Waals surface area contributed by atoms with Crippen LogP contribution < -0.4 is 4.74 Å². The van der Waals surface area contributed by atoms with Crippen molar-refractivity contribution >= 4 is 9.84 Å². The standard InChI is InChI=1S/C14H18N2O3S/c1-16(13-6-9-20(17,18)11-13)7-8-19-14-5-3-2-4-12(14)10-15/h2-5,13H,6-9,11H2,1H3.